The van der Waals surface area contributed by atoms with Gasteiger partial charge in [-0.05, 0) is 30.5 Å². The van der Waals surface area contributed by atoms with Gasteiger partial charge in [0.25, 0.3) is 0 Å². The molecular weight excluding hydrogens is 242 g/mol. The Labute approximate surface area is 105 Å². The van der Waals surface area contributed by atoms with Gasteiger partial charge in [0.2, 0.25) is 0 Å². The van der Waals surface area contributed by atoms with E-state index in [-0.39, 0.29) is 0 Å². The Morgan fingerprint density at radius 3 is 2.75 bits per heavy atom. The molecule has 1 heterocycles. The van der Waals surface area contributed by atoms with Crippen molar-refractivity contribution >= 4 is 23.4 Å². The van der Waals surface area contributed by atoms with Crippen LogP contribution in [0.5, 0.6) is 0 Å². The number of halogens is 1. The van der Waals surface area contributed by atoms with E-state index >= 15 is 0 Å². The van der Waals surface area contributed by atoms with Crippen LogP contribution in [0.3, 0.4) is 0 Å². The highest BCUT2D eigenvalue weighted by Gasteiger charge is 2.16. The zero-order valence-corrected chi connectivity index (χ0v) is 10.7. The summed E-state index contributed by atoms with van der Waals surface area (Å²) in [4.78, 5) is 1.16. The van der Waals surface area contributed by atoms with Crippen molar-refractivity contribution in [2.24, 2.45) is 5.73 Å². The molecule has 2 nitrogen and oxygen atoms in total. The molecule has 1 aromatic rings. The molecule has 2 rings (SSSR count). The summed E-state index contributed by atoms with van der Waals surface area (Å²) in [6.07, 6.45) is 2.22. The Hall–Kier alpha value is -0.220. The normalized spacial score (nSPS) is 17.6. The molecular formula is C12H16ClNOS. The van der Waals surface area contributed by atoms with Crippen LogP contribution >= 0.6 is 23.4 Å². The molecule has 1 aliphatic heterocycles. The van der Waals surface area contributed by atoms with E-state index in [9.17, 15) is 0 Å². The third kappa shape index (κ3) is 3.14. The van der Waals surface area contributed by atoms with Crippen molar-refractivity contribution in [3.63, 3.8) is 0 Å². The average Bonchev–Trinajstić information content (AvgIpc) is 2.33. The van der Waals surface area contributed by atoms with Crippen LogP contribution in [0.4, 0.5) is 0 Å². The topological polar surface area (TPSA) is 35.2 Å². The fourth-order valence-corrected chi connectivity index (χ4v) is 3.18. The van der Waals surface area contributed by atoms with Crippen LogP contribution in [-0.2, 0) is 11.3 Å². The molecule has 88 valence electrons. The Morgan fingerprint density at radius 2 is 2.12 bits per heavy atom. The van der Waals surface area contributed by atoms with Gasteiger partial charge in [-0.3, -0.25) is 0 Å². The van der Waals surface area contributed by atoms with Crippen molar-refractivity contribution in [3.8, 4) is 0 Å². The molecule has 0 spiro atoms. The van der Waals surface area contributed by atoms with Crippen molar-refractivity contribution in [1.29, 1.82) is 0 Å². The smallest absolute Gasteiger partial charge is 0.0545 e. The lowest BCUT2D eigenvalue weighted by molar-refractivity contribution is 0.100. The quantitative estimate of drug-likeness (QED) is 0.904. The summed E-state index contributed by atoms with van der Waals surface area (Å²) >= 11 is 8.08. The zero-order valence-electron chi connectivity index (χ0n) is 9.12. The molecule has 0 saturated carbocycles. The Kier molecular flexibility index (Phi) is 4.53. The van der Waals surface area contributed by atoms with Crippen molar-refractivity contribution in [2.45, 2.75) is 29.5 Å². The monoisotopic (exact) mass is 257 g/mol. The number of rotatable bonds is 3. The summed E-state index contributed by atoms with van der Waals surface area (Å²) in [7, 11) is 0. The van der Waals surface area contributed by atoms with Crippen LogP contribution in [-0.4, -0.2) is 18.5 Å². The van der Waals surface area contributed by atoms with Crippen molar-refractivity contribution in [1.82, 2.24) is 0 Å². The standard InChI is InChI=1S/C12H16ClNOS/c13-11-7-9(8-14)1-2-12(11)16-10-3-5-15-6-4-10/h1-2,7,10H,3-6,8,14H2. The summed E-state index contributed by atoms with van der Waals surface area (Å²) in [6.45, 7) is 2.29. The van der Waals surface area contributed by atoms with E-state index in [1.807, 2.05) is 23.9 Å². The summed E-state index contributed by atoms with van der Waals surface area (Å²) < 4.78 is 5.34. The first-order valence-electron chi connectivity index (χ1n) is 5.52. The number of ether oxygens (including phenoxy) is 1. The maximum Gasteiger partial charge on any atom is 0.0545 e. The largest absolute Gasteiger partial charge is 0.381 e. The average molecular weight is 258 g/mol. The van der Waals surface area contributed by atoms with Gasteiger partial charge in [-0.15, -0.1) is 11.8 Å². The Balaban J connectivity index is 2.03. The van der Waals surface area contributed by atoms with Gasteiger partial charge in [0.15, 0.2) is 0 Å². The SMILES string of the molecule is NCc1ccc(SC2CCOCC2)c(Cl)c1. The second kappa shape index (κ2) is 5.92. The maximum absolute atomic E-state index is 6.22. The molecule has 1 aromatic carbocycles. The first kappa shape index (κ1) is 12.2. The van der Waals surface area contributed by atoms with E-state index in [1.54, 1.807) is 0 Å². The summed E-state index contributed by atoms with van der Waals surface area (Å²) in [5.41, 5.74) is 6.66. The first-order chi connectivity index (χ1) is 7.79. The minimum Gasteiger partial charge on any atom is -0.381 e. The molecule has 0 bridgehead atoms. The van der Waals surface area contributed by atoms with Gasteiger partial charge in [0.1, 0.15) is 0 Å². The second-order valence-electron chi connectivity index (χ2n) is 3.90. The lowest BCUT2D eigenvalue weighted by Gasteiger charge is -2.21. The predicted octanol–water partition coefficient (Wildman–Crippen LogP) is 3.07. The van der Waals surface area contributed by atoms with Crippen molar-refractivity contribution < 1.29 is 4.74 Å². The number of hydrogen-bond acceptors (Lipinski definition) is 3. The highest BCUT2D eigenvalue weighted by atomic mass is 35.5. The molecule has 0 aromatic heterocycles. The molecule has 1 aliphatic rings. The van der Waals surface area contributed by atoms with E-state index in [0.717, 1.165) is 41.5 Å². The van der Waals surface area contributed by atoms with Crippen molar-refractivity contribution in [3.05, 3.63) is 28.8 Å². The molecule has 4 heteroatoms. The maximum atomic E-state index is 6.22. The summed E-state index contributed by atoms with van der Waals surface area (Å²) in [5, 5.41) is 1.45. The van der Waals surface area contributed by atoms with E-state index in [4.69, 9.17) is 22.1 Å². The molecule has 0 atom stereocenters. The van der Waals surface area contributed by atoms with Crippen LogP contribution in [0.25, 0.3) is 0 Å². The lowest BCUT2D eigenvalue weighted by atomic mass is 10.2. The van der Waals surface area contributed by atoms with Gasteiger partial charge in [0, 0.05) is 29.9 Å². The number of hydrogen-bond donors (Lipinski definition) is 1. The summed E-state index contributed by atoms with van der Waals surface area (Å²) in [6, 6.07) is 6.08. The third-order valence-electron chi connectivity index (χ3n) is 2.69. The van der Waals surface area contributed by atoms with Gasteiger partial charge >= 0.3 is 0 Å². The molecule has 1 saturated heterocycles. The van der Waals surface area contributed by atoms with Gasteiger partial charge in [-0.25, -0.2) is 0 Å². The summed E-state index contributed by atoms with van der Waals surface area (Å²) in [5.74, 6) is 0. The van der Waals surface area contributed by atoms with E-state index in [2.05, 4.69) is 6.07 Å². The Bertz CT molecular complexity index is 353. The fraction of sp³-hybridized carbons (Fsp3) is 0.500. The zero-order chi connectivity index (χ0) is 11.4. The van der Waals surface area contributed by atoms with Crippen molar-refractivity contribution in [2.75, 3.05) is 13.2 Å². The fourth-order valence-electron chi connectivity index (χ4n) is 1.74. The Morgan fingerprint density at radius 1 is 1.38 bits per heavy atom. The number of nitrogens with two attached hydrogens (primary N) is 1. The lowest BCUT2D eigenvalue weighted by Crippen LogP contribution is -2.17. The van der Waals surface area contributed by atoms with E-state index in [0.29, 0.717) is 11.8 Å². The predicted molar refractivity (Wildman–Crippen MR) is 69.0 cm³/mol. The van der Waals surface area contributed by atoms with Crippen LogP contribution in [0.1, 0.15) is 18.4 Å². The minimum atomic E-state index is 0.544. The highest BCUT2D eigenvalue weighted by molar-refractivity contribution is 8.00. The van der Waals surface area contributed by atoms with E-state index in [1.165, 1.54) is 0 Å². The number of thioether (sulfide) groups is 1. The molecule has 16 heavy (non-hydrogen) atoms. The number of benzene rings is 1. The molecule has 1 fully saturated rings. The van der Waals surface area contributed by atoms with Gasteiger partial charge in [-0.1, -0.05) is 17.7 Å². The minimum absolute atomic E-state index is 0.544. The van der Waals surface area contributed by atoms with Gasteiger partial charge < -0.3 is 10.5 Å². The van der Waals surface area contributed by atoms with Gasteiger partial charge in [0.05, 0.1) is 5.02 Å². The van der Waals surface area contributed by atoms with Gasteiger partial charge in [-0.2, -0.15) is 0 Å². The third-order valence-corrected chi connectivity index (χ3v) is 4.53. The molecule has 0 aliphatic carbocycles. The highest BCUT2D eigenvalue weighted by Crippen LogP contribution is 2.34. The van der Waals surface area contributed by atoms with Crippen LogP contribution in [0, 0.1) is 0 Å². The molecule has 0 amide bonds. The van der Waals surface area contributed by atoms with E-state index < -0.39 is 0 Å². The van der Waals surface area contributed by atoms with Crippen LogP contribution in [0.2, 0.25) is 5.02 Å². The first-order valence-corrected chi connectivity index (χ1v) is 6.78. The second-order valence-corrected chi connectivity index (χ2v) is 5.65. The molecule has 2 N–H and O–H groups in total. The van der Waals surface area contributed by atoms with Crippen LogP contribution < -0.4 is 5.73 Å². The molecule has 0 radical (unpaired) electrons. The van der Waals surface area contributed by atoms with Crippen LogP contribution in [0.15, 0.2) is 23.1 Å². The molecule has 0 unspecified atom stereocenters.